The van der Waals surface area contributed by atoms with Crippen LogP contribution in [0.4, 0.5) is 0 Å². The van der Waals surface area contributed by atoms with Crippen molar-refractivity contribution in [1.82, 2.24) is 4.98 Å². The van der Waals surface area contributed by atoms with E-state index in [1.54, 1.807) is 12.1 Å². The number of carboxylic acids is 1. The number of thiazole rings is 1. The molecule has 1 aromatic carbocycles. The molecule has 0 fully saturated rings. The van der Waals surface area contributed by atoms with Gasteiger partial charge in [-0.25, -0.2) is 9.78 Å². The third-order valence-corrected chi connectivity index (χ3v) is 3.88. The number of hydrogen-bond acceptors (Lipinski definition) is 3. The molecule has 0 atom stereocenters. The lowest BCUT2D eigenvalue weighted by atomic mass is 10.1. The molecule has 3 nitrogen and oxygen atoms in total. The second kappa shape index (κ2) is 4.64. The van der Waals surface area contributed by atoms with Crippen LogP contribution < -0.4 is 0 Å². The van der Waals surface area contributed by atoms with Crippen LogP contribution in [0.1, 0.15) is 16.1 Å². The Bertz CT molecular complexity index is 595. The van der Waals surface area contributed by atoms with Crippen molar-refractivity contribution in [2.75, 3.05) is 0 Å². The van der Waals surface area contributed by atoms with Crippen LogP contribution >= 0.6 is 34.5 Å². The largest absolute Gasteiger partial charge is 0.476 e. The minimum atomic E-state index is -1.06. The minimum absolute atomic E-state index is 0.00126. The fourth-order valence-corrected chi connectivity index (χ4v) is 2.86. The van der Waals surface area contributed by atoms with Crippen LogP contribution in [-0.4, -0.2) is 16.1 Å². The van der Waals surface area contributed by atoms with Crippen molar-refractivity contribution in [3.05, 3.63) is 38.8 Å². The molecule has 0 unspecified atom stereocenters. The third-order valence-electron chi connectivity index (χ3n) is 2.22. The first kappa shape index (κ1) is 12.4. The Labute approximate surface area is 112 Å². The molecule has 0 bridgehead atoms. The fraction of sp³-hybridized carbons (Fsp3) is 0.0909. The number of carbonyl (C=O) groups is 1. The molecule has 0 saturated heterocycles. The van der Waals surface area contributed by atoms with Gasteiger partial charge in [0, 0.05) is 10.9 Å². The molecule has 0 amide bonds. The quantitative estimate of drug-likeness (QED) is 0.904. The van der Waals surface area contributed by atoms with E-state index in [0.29, 0.717) is 20.6 Å². The summed E-state index contributed by atoms with van der Waals surface area (Å²) < 4.78 is 0. The molecule has 2 rings (SSSR count). The molecule has 17 heavy (non-hydrogen) atoms. The van der Waals surface area contributed by atoms with Crippen LogP contribution in [0.25, 0.3) is 10.6 Å². The maximum Gasteiger partial charge on any atom is 0.355 e. The molecule has 1 N–H and O–H groups in total. The predicted octanol–water partition coefficient (Wildman–Crippen LogP) is 4.12. The average Bonchev–Trinajstić information content (AvgIpc) is 2.73. The van der Waals surface area contributed by atoms with Gasteiger partial charge in [-0.05, 0) is 18.6 Å². The van der Waals surface area contributed by atoms with Crippen LogP contribution in [0.2, 0.25) is 10.0 Å². The topological polar surface area (TPSA) is 50.2 Å². The second-order valence-corrected chi connectivity index (χ2v) is 5.04. The van der Waals surface area contributed by atoms with Crippen LogP contribution in [0.5, 0.6) is 0 Å². The van der Waals surface area contributed by atoms with Crippen molar-refractivity contribution in [3.8, 4) is 10.6 Å². The standard InChI is InChI=1S/C11H7Cl2NO2S/c1-5-2-3-6(12)8(9(5)13)10-14-7(4-17-10)11(15)16/h2-4H,1H3,(H,15,16). The average molecular weight is 288 g/mol. The molecule has 1 aromatic heterocycles. The summed E-state index contributed by atoms with van der Waals surface area (Å²) in [5.74, 6) is -1.06. The first-order valence-corrected chi connectivity index (χ1v) is 6.28. The molecular formula is C11H7Cl2NO2S. The Morgan fingerprint density at radius 3 is 2.71 bits per heavy atom. The molecule has 1 heterocycles. The maximum atomic E-state index is 10.8. The summed E-state index contributed by atoms with van der Waals surface area (Å²) in [6, 6.07) is 3.53. The summed E-state index contributed by atoms with van der Waals surface area (Å²) in [6.45, 7) is 1.86. The van der Waals surface area contributed by atoms with Gasteiger partial charge in [0.25, 0.3) is 0 Å². The Morgan fingerprint density at radius 1 is 1.41 bits per heavy atom. The van der Waals surface area contributed by atoms with Gasteiger partial charge >= 0.3 is 5.97 Å². The highest BCUT2D eigenvalue weighted by Gasteiger charge is 2.16. The van der Waals surface area contributed by atoms with E-state index in [0.717, 1.165) is 5.56 Å². The van der Waals surface area contributed by atoms with Crippen molar-refractivity contribution >= 4 is 40.5 Å². The van der Waals surface area contributed by atoms with Crippen molar-refractivity contribution in [2.24, 2.45) is 0 Å². The van der Waals surface area contributed by atoms with Gasteiger partial charge in [-0.3, -0.25) is 0 Å². The normalized spacial score (nSPS) is 10.5. The van der Waals surface area contributed by atoms with Crippen LogP contribution in [0.15, 0.2) is 17.5 Å². The molecule has 0 aliphatic rings. The molecule has 0 radical (unpaired) electrons. The van der Waals surface area contributed by atoms with Gasteiger partial charge < -0.3 is 5.11 Å². The van der Waals surface area contributed by atoms with Crippen molar-refractivity contribution in [1.29, 1.82) is 0 Å². The first-order valence-electron chi connectivity index (χ1n) is 4.64. The number of carboxylic acid groups (broad SMARTS) is 1. The Balaban J connectivity index is 2.60. The van der Waals surface area contributed by atoms with Crippen LogP contribution in [-0.2, 0) is 0 Å². The number of nitrogens with zero attached hydrogens (tertiary/aromatic N) is 1. The molecule has 88 valence electrons. The maximum absolute atomic E-state index is 10.8. The minimum Gasteiger partial charge on any atom is -0.476 e. The molecule has 0 saturated carbocycles. The van der Waals surface area contributed by atoms with Gasteiger partial charge in [0.1, 0.15) is 5.01 Å². The summed E-state index contributed by atoms with van der Waals surface area (Å²) in [4.78, 5) is 14.8. The lowest BCUT2D eigenvalue weighted by molar-refractivity contribution is 0.0691. The van der Waals surface area contributed by atoms with Gasteiger partial charge in [-0.2, -0.15) is 0 Å². The zero-order chi connectivity index (χ0) is 12.6. The van der Waals surface area contributed by atoms with Gasteiger partial charge in [-0.1, -0.05) is 29.3 Å². The number of benzene rings is 1. The summed E-state index contributed by atoms with van der Waals surface area (Å²) in [7, 11) is 0. The van der Waals surface area contributed by atoms with E-state index < -0.39 is 5.97 Å². The smallest absolute Gasteiger partial charge is 0.355 e. The third kappa shape index (κ3) is 2.29. The zero-order valence-electron chi connectivity index (χ0n) is 8.70. The van der Waals surface area contributed by atoms with Gasteiger partial charge in [0.15, 0.2) is 5.69 Å². The molecule has 0 aliphatic heterocycles. The lowest BCUT2D eigenvalue weighted by Gasteiger charge is -2.06. The van der Waals surface area contributed by atoms with E-state index in [1.165, 1.54) is 16.7 Å². The Morgan fingerprint density at radius 2 is 2.12 bits per heavy atom. The monoisotopic (exact) mass is 287 g/mol. The highest BCUT2D eigenvalue weighted by molar-refractivity contribution is 7.13. The highest BCUT2D eigenvalue weighted by atomic mass is 35.5. The van der Waals surface area contributed by atoms with E-state index in [1.807, 2.05) is 6.92 Å². The first-order chi connectivity index (χ1) is 8.00. The lowest BCUT2D eigenvalue weighted by Crippen LogP contribution is -1.96. The second-order valence-electron chi connectivity index (χ2n) is 3.40. The van der Waals surface area contributed by atoms with E-state index in [-0.39, 0.29) is 5.69 Å². The van der Waals surface area contributed by atoms with E-state index in [9.17, 15) is 4.79 Å². The SMILES string of the molecule is Cc1ccc(Cl)c(-c2nc(C(=O)O)cs2)c1Cl. The number of aromatic carboxylic acids is 1. The molecular weight excluding hydrogens is 281 g/mol. The van der Waals surface area contributed by atoms with E-state index in [2.05, 4.69) is 4.98 Å². The van der Waals surface area contributed by atoms with Gasteiger partial charge in [0.05, 0.1) is 10.0 Å². The van der Waals surface area contributed by atoms with Gasteiger partial charge in [0.2, 0.25) is 0 Å². The van der Waals surface area contributed by atoms with E-state index >= 15 is 0 Å². The predicted molar refractivity (Wildman–Crippen MR) is 69.3 cm³/mol. The molecule has 0 spiro atoms. The Kier molecular flexibility index (Phi) is 3.38. The number of halogens is 2. The number of aryl methyl sites for hydroxylation is 1. The number of aromatic nitrogens is 1. The summed E-state index contributed by atoms with van der Waals surface area (Å²) >= 11 is 13.4. The summed E-state index contributed by atoms with van der Waals surface area (Å²) in [5, 5.41) is 11.8. The summed E-state index contributed by atoms with van der Waals surface area (Å²) in [5.41, 5.74) is 1.46. The van der Waals surface area contributed by atoms with Crippen LogP contribution in [0.3, 0.4) is 0 Å². The Hall–Kier alpha value is -1.10. The fourth-order valence-electron chi connectivity index (χ4n) is 1.34. The molecule has 0 aliphatic carbocycles. The van der Waals surface area contributed by atoms with Crippen LogP contribution in [0, 0.1) is 6.92 Å². The van der Waals surface area contributed by atoms with E-state index in [4.69, 9.17) is 28.3 Å². The number of hydrogen-bond donors (Lipinski definition) is 1. The zero-order valence-corrected chi connectivity index (χ0v) is 11.0. The summed E-state index contributed by atoms with van der Waals surface area (Å²) in [6.07, 6.45) is 0. The number of rotatable bonds is 2. The van der Waals surface area contributed by atoms with Crippen molar-refractivity contribution in [2.45, 2.75) is 6.92 Å². The molecule has 6 heteroatoms. The van der Waals surface area contributed by atoms with Crippen molar-refractivity contribution < 1.29 is 9.90 Å². The highest BCUT2D eigenvalue weighted by Crippen LogP contribution is 2.38. The molecule has 2 aromatic rings. The van der Waals surface area contributed by atoms with Crippen molar-refractivity contribution in [3.63, 3.8) is 0 Å². The van der Waals surface area contributed by atoms with Gasteiger partial charge in [-0.15, -0.1) is 11.3 Å².